The molecule has 3 nitrogen and oxygen atoms in total. The first kappa shape index (κ1) is 14.4. The first-order valence-electron chi connectivity index (χ1n) is 8.80. The zero-order valence-electron chi connectivity index (χ0n) is 14.2. The van der Waals surface area contributed by atoms with Gasteiger partial charge < -0.3 is 4.42 Å². The van der Waals surface area contributed by atoms with E-state index in [1.165, 1.54) is 0 Å². The van der Waals surface area contributed by atoms with Gasteiger partial charge in [-0.15, -0.1) is 0 Å². The number of carbonyl (C=O) groups is 2. The third-order valence-electron chi connectivity index (χ3n) is 5.42. The van der Waals surface area contributed by atoms with Crippen molar-refractivity contribution in [1.82, 2.24) is 0 Å². The highest BCUT2D eigenvalue weighted by Gasteiger charge is 2.36. The molecule has 126 valence electrons. The molecule has 1 heterocycles. The van der Waals surface area contributed by atoms with E-state index in [9.17, 15) is 9.59 Å². The number of benzene rings is 4. The Morgan fingerprint density at radius 2 is 1.07 bits per heavy atom. The number of furan rings is 1. The molecule has 0 bridgehead atoms. The predicted molar refractivity (Wildman–Crippen MR) is 105 cm³/mol. The van der Waals surface area contributed by atoms with Crippen LogP contribution in [-0.4, -0.2) is 11.6 Å². The summed E-state index contributed by atoms with van der Waals surface area (Å²) < 4.78 is 6.08. The van der Waals surface area contributed by atoms with Crippen LogP contribution in [0.25, 0.3) is 32.5 Å². The molecule has 1 aromatic heterocycles. The summed E-state index contributed by atoms with van der Waals surface area (Å²) in [5, 5.41) is 4.65. The lowest BCUT2D eigenvalue weighted by atomic mass is 9.85. The highest BCUT2D eigenvalue weighted by molar-refractivity contribution is 6.36. The van der Waals surface area contributed by atoms with Crippen LogP contribution in [0.15, 0.2) is 77.2 Å². The Bertz CT molecular complexity index is 1450. The third kappa shape index (κ3) is 1.71. The van der Waals surface area contributed by atoms with Gasteiger partial charge in [0.2, 0.25) is 5.78 Å². The van der Waals surface area contributed by atoms with Gasteiger partial charge in [-0.1, -0.05) is 72.8 Å². The molecule has 0 spiro atoms. The Morgan fingerprint density at radius 3 is 1.78 bits per heavy atom. The fraction of sp³-hybridized carbons (Fsp3) is 0. The second kappa shape index (κ2) is 4.92. The van der Waals surface area contributed by atoms with Gasteiger partial charge in [-0.25, -0.2) is 0 Å². The van der Waals surface area contributed by atoms with Crippen molar-refractivity contribution in [1.29, 1.82) is 0 Å². The molecule has 0 fully saturated rings. The minimum atomic E-state index is -0.232. The van der Waals surface area contributed by atoms with Crippen LogP contribution in [0.5, 0.6) is 0 Å². The van der Waals surface area contributed by atoms with E-state index in [1.807, 2.05) is 48.5 Å². The molecule has 1 aliphatic rings. The molecule has 1 aliphatic carbocycles. The van der Waals surface area contributed by atoms with E-state index in [2.05, 4.69) is 0 Å². The molecular formula is C24H12O3. The summed E-state index contributed by atoms with van der Waals surface area (Å²) in [5.74, 6) is -0.237. The lowest BCUT2D eigenvalue weighted by Crippen LogP contribution is -2.19. The van der Waals surface area contributed by atoms with Crippen molar-refractivity contribution >= 4 is 44.1 Å². The van der Waals surface area contributed by atoms with Crippen LogP contribution in [0.1, 0.15) is 32.0 Å². The smallest absolute Gasteiger partial charge is 0.229 e. The second-order valence-electron chi connectivity index (χ2n) is 6.81. The van der Waals surface area contributed by atoms with E-state index in [1.54, 1.807) is 24.3 Å². The minimum Gasteiger partial charge on any atom is -0.451 e. The Balaban J connectivity index is 1.89. The second-order valence-corrected chi connectivity index (χ2v) is 6.81. The van der Waals surface area contributed by atoms with Crippen LogP contribution < -0.4 is 0 Å². The summed E-state index contributed by atoms with van der Waals surface area (Å²) in [6.45, 7) is 0. The molecule has 0 aliphatic heterocycles. The summed E-state index contributed by atoms with van der Waals surface area (Å²) in [6.07, 6.45) is 0. The normalized spacial score (nSPS) is 13.3. The summed E-state index contributed by atoms with van der Waals surface area (Å²) in [5.41, 5.74) is 1.83. The molecule has 0 radical (unpaired) electrons. The van der Waals surface area contributed by atoms with E-state index >= 15 is 0 Å². The quantitative estimate of drug-likeness (QED) is 0.340. The van der Waals surface area contributed by atoms with E-state index < -0.39 is 0 Å². The molecule has 0 saturated heterocycles. The zero-order valence-corrected chi connectivity index (χ0v) is 14.2. The fourth-order valence-corrected chi connectivity index (χ4v) is 4.24. The van der Waals surface area contributed by atoms with Gasteiger partial charge in [0.1, 0.15) is 5.58 Å². The van der Waals surface area contributed by atoms with Crippen molar-refractivity contribution in [3.63, 3.8) is 0 Å². The predicted octanol–water partition coefficient (Wildman–Crippen LogP) is 5.51. The third-order valence-corrected chi connectivity index (χ3v) is 5.42. The van der Waals surface area contributed by atoms with Crippen molar-refractivity contribution in [2.75, 3.05) is 0 Å². The monoisotopic (exact) mass is 348 g/mol. The van der Waals surface area contributed by atoms with Gasteiger partial charge in [0.15, 0.2) is 11.5 Å². The number of rotatable bonds is 0. The molecule has 5 aromatic rings. The average Bonchev–Trinajstić information content (AvgIpc) is 3.14. The molecule has 3 heteroatoms. The maximum atomic E-state index is 13.3. The van der Waals surface area contributed by atoms with Gasteiger partial charge >= 0.3 is 0 Å². The van der Waals surface area contributed by atoms with E-state index in [4.69, 9.17) is 4.42 Å². The minimum absolute atomic E-state index is 0.148. The van der Waals surface area contributed by atoms with E-state index in [0.29, 0.717) is 22.3 Å². The Labute approximate surface area is 153 Å². The molecule has 0 unspecified atom stereocenters. The first-order chi connectivity index (χ1) is 13.3. The van der Waals surface area contributed by atoms with Crippen molar-refractivity contribution < 1.29 is 14.0 Å². The molecule has 6 rings (SSSR count). The summed E-state index contributed by atoms with van der Waals surface area (Å²) in [6, 6.07) is 22.8. The molecule has 4 aromatic carbocycles. The molecule has 0 atom stereocenters. The Morgan fingerprint density at radius 1 is 0.556 bits per heavy atom. The fourth-order valence-electron chi connectivity index (χ4n) is 4.24. The molecule has 27 heavy (non-hydrogen) atoms. The lowest BCUT2D eigenvalue weighted by Gasteiger charge is -2.13. The van der Waals surface area contributed by atoms with Gasteiger partial charge in [0.25, 0.3) is 0 Å². The molecule has 0 saturated carbocycles. The van der Waals surface area contributed by atoms with Crippen molar-refractivity contribution in [2.45, 2.75) is 0 Å². The SMILES string of the molecule is O=C1c2ccccc2C(=O)c2c1oc1c3ccccc3c3ccccc3c21. The topological polar surface area (TPSA) is 47.3 Å². The zero-order chi connectivity index (χ0) is 18.1. The number of fused-ring (bicyclic) bond motifs is 9. The van der Waals surface area contributed by atoms with Gasteiger partial charge in [-0.3, -0.25) is 9.59 Å². The van der Waals surface area contributed by atoms with Crippen LogP contribution in [0.2, 0.25) is 0 Å². The van der Waals surface area contributed by atoms with Crippen LogP contribution in [0, 0.1) is 0 Å². The molecule has 0 amide bonds. The van der Waals surface area contributed by atoms with E-state index in [-0.39, 0.29) is 17.3 Å². The number of carbonyl (C=O) groups excluding carboxylic acids is 2. The summed E-state index contributed by atoms with van der Waals surface area (Å²) in [4.78, 5) is 26.3. The van der Waals surface area contributed by atoms with Gasteiger partial charge in [0, 0.05) is 21.9 Å². The number of ketones is 2. The van der Waals surface area contributed by atoms with Crippen LogP contribution in [0.3, 0.4) is 0 Å². The molecular weight excluding hydrogens is 336 g/mol. The maximum Gasteiger partial charge on any atom is 0.229 e. The highest BCUT2D eigenvalue weighted by atomic mass is 16.3. The highest BCUT2D eigenvalue weighted by Crippen LogP contribution is 2.42. The Kier molecular flexibility index (Phi) is 2.63. The summed E-state index contributed by atoms with van der Waals surface area (Å²) in [7, 11) is 0. The molecule has 0 N–H and O–H groups in total. The number of hydrogen-bond acceptors (Lipinski definition) is 3. The van der Waals surface area contributed by atoms with Crippen molar-refractivity contribution in [3.8, 4) is 0 Å². The van der Waals surface area contributed by atoms with Crippen molar-refractivity contribution in [3.05, 3.63) is 95.2 Å². The Hall–Kier alpha value is -3.72. The van der Waals surface area contributed by atoms with Crippen LogP contribution in [-0.2, 0) is 0 Å². The van der Waals surface area contributed by atoms with Crippen LogP contribution in [0.4, 0.5) is 0 Å². The standard InChI is InChI=1S/C24H12O3/c25-21-16-10-4-5-11-17(16)22(26)24-20(21)19-15-9-3-1-7-13(15)14-8-2-6-12-18(14)23(19)27-24/h1-12H. The number of hydrogen-bond donors (Lipinski definition) is 0. The summed E-state index contributed by atoms with van der Waals surface area (Å²) >= 11 is 0. The van der Waals surface area contributed by atoms with Gasteiger partial charge in [-0.2, -0.15) is 0 Å². The van der Waals surface area contributed by atoms with Crippen molar-refractivity contribution in [2.24, 2.45) is 0 Å². The van der Waals surface area contributed by atoms with E-state index in [0.717, 1.165) is 26.9 Å². The van der Waals surface area contributed by atoms with Gasteiger partial charge in [0.05, 0.1) is 5.56 Å². The lowest BCUT2D eigenvalue weighted by molar-refractivity contribution is 0.0962. The van der Waals surface area contributed by atoms with Crippen LogP contribution >= 0.6 is 0 Å². The maximum absolute atomic E-state index is 13.3. The largest absolute Gasteiger partial charge is 0.451 e. The average molecular weight is 348 g/mol. The van der Waals surface area contributed by atoms with Gasteiger partial charge in [-0.05, 0) is 16.2 Å². The first-order valence-corrected chi connectivity index (χ1v) is 8.80.